The second kappa shape index (κ2) is 7.13. The Morgan fingerprint density at radius 3 is 1.62 bits per heavy atom. The fraction of sp³-hybridized carbons (Fsp3) is 0.900. The van der Waals surface area contributed by atoms with Crippen molar-refractivity contribution in [3.8, 4) is 0 Å². The van der Waals surface area contributed by atoms with Crippen LogP contribution in [0.1, 0.15) is 40.0 Å². The zero-order valence-corrected chi connectivity index (χ0v) is 10.1. The molecule has 0 aromatic heterocycles. The van der Waals surface area contributed by atoms with E-state index in [1.165, 1.54) is 0 Å². The molecule has 0 heterocycles. The van der Waals surface area contributed by atoms with Crippen LogP contribution in [0, 0.1) is 0 Å². The Hall–Kier alpha value is -0.313. The van der Waals surface area contributed by atoms with Crippen molar-refractivity contribution < 1.29 is 9.22 Å². The van der Waals surface area contributed by atoms with Gasteiger partial charge >= 0.3 is 6.47 Å². The Balaban J connectivity index is 4.27. The van der Waals surface area contributed by atoms with Crippen molar-refractivity contribution in [2.45, 2.75) is 58.2 Å². The standard InChI is InChI=1S/C10H21O2Si/c1-4-7-13(8-5-2,9-6-3)12-10-11/h4-9H2,1-3H3. The van der Waals surface area contributed by atoms with Crippen LogP contribution in [0.5, 0.6) is 0 Å². The maximum atomic E-state index is 10.3. The molecular formula is C10H21O2Si. The highest BCUT2D eigenvalue weighted by Crippen LogP contribution is 2.26. The van der Waals surface area contributed by atoms with Crippen molar-refractivity contribution in [3.63, 3.8) is 0 Å². The summed E-state index contributed by atoms with van der Waals surface area (Å²) in [6.45, 7) is 8.14. The maximum absolute atomic E-state index is 10.3. The molecule has 13 heavy (non-hydrogen) atoms. The van der Waals surface area contributed by atoms with Gasteiger partial charge in [0, 0.05) is 0 Å². The van der Waals surface area contributed by atoms with Gasteiger partial charge in [-0.05, 0) is 18.1 Å². The molecule has 3 heteroatoms. The second-order valence-corrected chi connectivity index (χ2v) is 7.69. The van der Waals surface area contributed by atoms with Crippen LogP contribution < -0.4 is 0 Å². The Morgan fingerprint density at radius 2 is 1.38 bits per heavy atom. The zero-order chi connectivity index (χ0) is 10.2. The first-order valence-electron chi connectivity index (χ1n) is 5.29. The van der Waals surface area contributed by atoms with Gasteiger partial charge in [0.05, 0.1) is 0 Å². The van der Waals surface area contributed by atoms with Crippen molar-refractivity contribution in [1.82, 2.24) is 0 Å². The van der Waals surface area contributed by atoms with Crippen LogP contribution in [0.3, 0.4) is 0 Å². The van der Waals surface area contributed by atoms with Crippen LogP contribution in [0.15, 0.2) is 0 Å². The van der Waals surface area contributed by atoms with E-state index in [0.717, 1.165) is 37.4 Å². The minimum Gasteiger partial charge on any atom is -0.511 e. The molecule has 0 rings (SSSR count). The first-order valence-corrected chi connectivity index (χ1v) is 7.82. The van der Waals surface area contributed by atoms with E-state index in [1.807, 2.05) is 0 Å². The summed E-state index contributed by atoms with van der Waals surface area (Å²) in [5.41, 5.74) is 0. The van der Waals surface area contributed by atoms with Gasteiger partial charge in [0.15, 0.2) is 0 Å². The van der Waals surface area contributed by atoms with E-state index >= 15 is 0 Å². The van der Waals surface area contributed by atoms with Crippen LogP contribution in [-0.4, -0.2) is 14.8 Å². The minimum absolute atomic E-state index is 1.10. The molecule has 0 atom stereocenters. The van der Waals surface area contributed by atoms with Crippen molar-refractivity contribution in [2.24, 2.45) is 0 Å². The van der Waals surface area contributed by atoms with Gasteiger partial charge in [-0.2, -0.15) is 0 Å². The average molecular weight is 201 g/mol. The Morgan fingerprint density at radius 1 is 1.00 bits per heavy atom. The molecule has 0 saturated carbocycles. The third kappa shape index (κ3) is 4.46. The summed E-state index contributed by atoms with van der Waals surface area (Å²) < 4.78 is 5.28. The monoisotopic (exact) mass is 201 g/mol. The van der Waals surface area contributed by atoms with Gasteiger partial charge < -0.3 is 4.43 Å². The predicted molar refractivity (Wildman–Crippen MR) is 57.8 cm³/mol. The summed E-state index contributed by atoms with van der Waals surface area (Å²) in [5, 5.41) is 0. The Bertz CT molecular complexity index is 120. The molecule has 0 aromatic rings. The van der Waals surface area contributed by atoms with Crippen molar-refractivity contribution >= 4 is 14.8 Å². The number of carbonyl (C=O) groups excluding carboxylic acids is 1. The molecule has 0 spiro atoms. The molecule has 0 aromatic carbocycles. The third-order valence-corrected chi connectivity index (χ3v) is 7.13. The van der Waals surface area contributed by atoms with E-state index in [0.29, 0.717) is 0 Å². The predicted octanol–water partition coefficient (Wildman–Crippen LogP) is 3.25. The largest absolute Gasteiger partial charge is 0.511 e. The van der Waals surface area contributed by atoms with Gasteiger partial charge in [-0.25, -0.2) is 4.79 Å². The van der Waals surface area contributed by atoms with Crippen LogP contribution in [0.4, 0.5) is 0 Å². The van der Waals surface area contributed by atoms with E-state index in [-0.39, 0.29) is 0 Å². The van der Waals surface area contributed by atoms with Gasteiger partial charge in [-0.15, -0.1) is 0 Å². The van der Waals surface area contributed by atoms with E-state index in [2.05, 4.69) is 20.8 Å². The molecule has 0 aliphatic carbocycles. The van der Waals surface area contributed by atoms with Crippen molar-refractivity contribution in [1.29, 1.82) is 0 Å². The normalized spacial score (nSPS) is 11.3. The summed E-state index contributed by atoms with van der Waals surface area (Å²) in [6, 6.07) is 3.30. The lowest BCUT2D eigenvalue weighted by Gasteiger charge is -2.27. The Kier molecular flexibility index (Phi) is 6.95. The molecular weight excluding hydrogens is 180 g/mol. The molecule has 0 unspecified atom stereocenters. The lowest BCUT2D eigenvalue weighted by Crippen LogP contribution is -2.37. The highest BCUT2D eigenvalue weighted by Gasteiger charge is 2.33. The second-order valence-electron chi connectivity index (χ2n) is 3.62. The number of hydrogen-bond acceptors (Lipinski definition) is 2. The van der Waals surface area contributed by atoms with Crippen molar-refractivity contribution in [2.75, 3.05) is 0 Å². The topological polar surface area (TPSA) is 26.3 Å². The summed E-state index contributed by atoms with van der Waals surface area (Å²) in [5.74, 6) is 0. The van der Waals surface area contributed by atoms with Crippen molar-refractivity contribution in [3.05, 3.63) is 0 Å². The molecule has 1 radical (unpaired) electrons. The van der Waals surface area contributed by atoms with Crippen LogP contribution in [0.2, 0.25) is 18.1 Å². The molecule has 77 valence electrons. The van der Waals surface area contributed by atoms with E-state index < -0.39 is 8.32 Å². The SMILES string of the molecule is CCC[Si](CCC)(CCC)O[C]=O. The molecule has 0 aliphatic rings. The van der Waals surface area contributed by atoms with Crippen LogP contribution >= 0.6 is 0 Å². The van der Waals surface area contributed by atoms with E-state index in [4.69, 9.17) is 4.43 Å². The van der Waals surface area contributed by atoms with Gasteiger partial charge in [-0.1, -0.05) is 40.0 Å². The smallest absolute Gasteiger partial charge is 0.402 e. The number of rotatable bonds is 8. The molecule has 0 saturated heterocycles. The fourth-order valence-corrected chi connectivity index (χ4v) is 5.95. The van der Waals surface area contributed by atoms with Gasteiger partial charge in [-0.3, -0.25) is 0 Å². The minimum atomic E-state index is -1.72. The molecule has 0 bridgehead atoms. The van der Waals surface area contributed by atoms with Gasteiger partial charge in [0.2, 0.25) is 0 Å². The summed E-state index contributed by atoms with van der Waals surface area (Å²) in [6.07, 6.45) is 3.36. The molecule has 0 fully saturated rings. The molecule has 0 N–H and O–H groups in total. The van der Waals surface area contributed by atoms with E-state index in [9.17, 15) is 4.79 Å². The third-order valence-electron chi connectivity index (χ3n) is 2.38. The highest BCUT2D eigenvalue weighted by atomic mass is 28.4. The summed E-state index contributed by atoms with van der Waals surface area (Å²) in [4.78, 5) is 10.3. The summed E-state index contributed by atoms with van der Waals surface area (Å²) in [7, 11) is -1.72. The van der Waals surface area contributed by atoms with Gasteiger partial charge in [0.25, 0.3) is 8.32 Å². The number of hydrogen-bond donors (Lipinski definition) is 0. The lowest BCUT2D eigenvalue weighted by atomic mass is 10.6. The fourth-order valence-electron chi connectivity index (χ4n) is 1.98. The van der Waals surface area contributed by atoms with Gasteiger partial charge in [0.1, 0.15) is 0 Å². The first-order chi connectivity index (χ1) is 6.24. The quantitative estimate of drug-likeness (QED) is 0.563. The average Bonchev–Trinajstić information content (AvgIpc) is 2.06. The lowest BCUT2D eigenvalue weighted by molar-refractivity contribution is 0.426. The summed E-state index contributed by atoms with van der Waals surface area (Å²) >= 11 is 0. The molecule has 2 nitrogen and oxygen atoms in total. The zero-order valence-electron chi connectivity index (χ0n) is 9.06. The van der Waals surface area contributed by atoms with Crippen LogP contribution in [-0.2, 0) is 9.22 Å². The highest BCUT2D eigenvalue weighted by molar-refractivity contribution is 6.74. The van der Waals surface area contributed by atoms with Crippen LogP contribution in [0.25, 0.3) is 0 Å². The van der Waals surface area contributed by atoms with E-state index in [1.54, 1.807) is 6.47 Å². The molecule has 0 amide bonds. The first kappa shape index (κ1) is 12.7. The Labute approximate surface area is 82.8 Å². The molecule has 0 aliphatic heterocycles. The maximum Gasteiger partial charge on any atom is 0.402 e.